The van der Waals surface area contributed by atoms with E-state index in [1.807, 2.05) is 0 Å². The summed E-state index contributed by atoms with van der Waals surface area (Å²) < 4.78 is 0.514. The van der Waals surface area contributed by atoms with Gasteiger partial charge in [-0.05, 0) is 45.8 Å². The highest BCUT2D eigenvalue weighted by Crippen LogP contribution is 2.39. The smallest absolute Gasteiger partial charge is 0.0278 e. The van der Waals surface area contributed by atoms with Gasteiger partial charge in [-0.15, -0.1) is 0 Å². The number of hydrogen-bond acceptors (Lipinski definition) is 3. The summed E-state index contributed by atoms with van der Waals surface area (Å²) in [7, 11) is 0. The summed E-state index contributed by atoms with van der Waals surface area (Å²) in [4.78, 5) is 2.72. The molecule has 0 saturated carbocycles. The quantitative estimate of drug-likeness (QED) is 0.836. The number of hydrogen-bond donors (Lipinski definition) is 1. The minimum Gasteiger partial charge on any atom is -0.309 e. The lowest BCUT2D eigenvalue weighted by Crippen LogP contribution is -2.63. The summed E-state index contributed by atoms with van der Waals surface area (Å²) in [5.41, 5.74) is 0.326. The number of thioether (sulfide) groups is 1. The predicted molar refractivity (Wildman–Crippen MR) is 77.8 cm³/mol. The summed E-state index contributed by atoms with van der Waals surface area (Å²) in [6.45, 7) is 13.1. The lowest BCUT2D eigenvalue weighted by atomic mass is 9.92. The van der Waals surface area contributed by atoms with Crippen LogP contribution in [0.25, 0.3) is 0 Å². The first kappa shape index (κ1) is 13.7. The topological polar surface area (TPSA) is 15.3 Å². The normalized spacial score (nSPS) is 44.1. The van der Waals surface area contributed by atoms with E-state index in [4.69, 9.17) is 0 Å². The summed E-state index contributed by atoms with van der Waals surface area (Å²) in [6, 6.07) is 0.688. The molecule has 2 aliphatic heterocycles. The van der Waals surface area contributed by atoms with E-state index in [0.29, 0.717) is 16.3 Å². The Balaban J connectivity index is 1.98. The summed E-state index contributed by atoms with van der Waals surface area (Å²) in [5.74, 6) is 1.36. The minimum atomic E-state index is 0.326. The van der Waals surface area contributed by atoms with E-state index in [1.54, 1.807) is 0 Å². The monoisotopic (exact) mass is 256 g/mol. The van der Waals surface area contributed by atoms with Gasteiger partial charge in [0, 0.05) is 36.0 Å². The molecule has 3 atom stereocenters. The van der Waals surface area contributed by atoms with Crippen LogP contribution >= 0.6 is 11.8 Å². The maximum absolute atomic E-state index is 3.71. The van der Waals surface area contributed by atoms with Crippen LogP contribution in [0.15, 0.2) is 0 Å². The third kappa shape index (κ3) is 3.18. The van der Waals surface area contributed by atoms with Gasteiger partial charge in [0.25, 0.3) is 0 Å². The average Bonchev–Trinajstić information content (AvgIpc) is 2.71. The maximum atomic E-state index is 3.71. The van der Waals surface area contributed by atoms with Crippen molar-refractivity contribution >= 4 is 11.8 Å². The van der Waals surface area contributed by atoms with Crippen molar-refractivity contribution in [3.05, 3.63) is 0 Å². The Hall–Kier alpha value is 0.270. The summed E-state index contributed by atoms with van der Waals surface area (Å²) in [5, 5.41) is 3.71. The molecule has 0 amide bonds. The van der Waals surface area contributed by atoms with Crippen molar-refractivity contribution in [1.82, 2.24) is 10.2 Å². The molecule has 3 heteroatoms. The average molecular weight is 256 g/mol. The second kappa shape index (κ2) is 5.10. The van der Waals surface area contributed by atoms with Crippen LogP contribution in [-0.4, -0.2) is 46.6 Å². The fourth-order valence-electron chi connectivity index (χ4n) is 3.02. The molecule has 2 aliphatic rings. The van der Waals surface area contributed by atoms with Gasteiger partial charge < -0.3 is 5.32 Å². The van der Waals surface area contributed by atoms with Crippen LogP contribution in [0.3, 0.4) is 0 Å². The van der Waals surface area contributed by atoms with Crippen LogP contribution in [-0.2, 0) is 0 Å². The number of piperazine rings is 1. The van der Waals surface area contributed by atoms with Crippen molar-refractivity contribution in [1.29, 1.82) is 0 Å². The summed E-state index contributed by atoms with van der Waals surface area (Å²) in [6.07, 6.45) is 4.03. The molecule has 0 aromatic heterocycles. The third-order valence-corrected chi connectivity index (χ3v) is 6.14. The molecule has 0 radical (unpaired) electrons. The van der Waals surface area contributed by atoms with E-state index in [9.17, 15) is 0 Å². The Morgan fingerprint density at radius 1 is 1.41 bits per heavy atom. The van der Waals surface area contributed by atoms with Gasteiger partial charge in [0.05, 0.1) is 0 Å². The summed E-state index contributed by atoms with van der Waals surface area (Å²) >= 11 is 2.19. The van der Waals surface area contributed by atoms with Crippen LogP contribution in [0.4, 0.5) is 0 Å². The van der Waals surface area contributed by atoms with Crippen molar-refractivity contribution in [3.63, 3.8) is 0 Å². The first-order valence-corrected chi connectivity index (χ1v) is 8.08. The Morgan fingerprint density at radius 3 is 2.76 bits per heavy atom. The lowest BCUT2D eigenvalue weighted by molar-refractivity contribution is 0.0848. The molecule has 0 aromatic rings. The molecule has 2 nitrogen and oxygen atoms in total. The van der Waals surface area contributed by atoms with Gasteiger partial charge >= 0.3 is 0 Å². The molecule has 2 heterocycles. The van der Waals surface area contributed by atoms with E-state index in [1.165, 1.54) is 38.1 Å². The Morgan fingerprint density at radius 2 is 2.18 bits per heavy atom. The molecule has 0 bridgehead atoms. The molecule has 2 rings (SSSR count). The van der Waals surface area contributed by atoms with Crippen LogP contribution in [0.1, 0.15) is 47.0 Å². The molecule has 0 spiro atoms. The van der Waals surface area contributed by atoms with Gasteiger partial charge in [0.1, 0.15) is 0 Å². The highest BCUT2D eigenvalue weighted by atomic mass is 32.2. The van der Waals surface area contributed by atoms with Gasteiger partial charge in [0.15, 0.2) is 0 Å². The Kier molecular flexibility index (Phi) is 4.11. The van der Waals surface area contributed by atoms with E-state index in [2.05, 4.69) is 49.7 Å². The van der Waals surface area contributed by atoms with Crippen molar-refractivity contribution < 1.29 is 0 Å². The molecule has 100 valence electrons. The van der Waals surface area contributed by atoms with Crippen molar-refractivity contribution in [2.24, 2.45) is 0 Å². The van der Waals surface area contributed by atoms with E-state index < -0.39 is 0 Å². The molecule has 1 N–H and O–H groups in total. The number of rotatable bonds is 3. The fourth-order valence-corrected chi connectivity index (χ4v) is 4.35. The molecular weight excluding hydrogens is 228 g/mol. The first-order valence-electron chi connectivity index (χ1n) is 7.09. The van der Waals surface area contributed by atoms with Crippen LogP contribution in [0.5, 0.6) is 0 Å². The zero-order valence-electron chi connectivity index (χ0n) is 11.9. The SMILES string of the molecule is CCC1(C)CN(CC2(C)CCCS2)C(C)CN1. The molecule has 17 heavy (non-hydrogen) atoms. The lowest BCUT2D eigenvalue weighted by Gasteiger charge is -2.47. The van der Waals surface area contributed by atoms with Crippen molar-refractivity contribution in [2.45, 2.75) is 63.3 Å². The van der Waals surface area contributed by atoms with Gasteiger partial charge in [-0.2, -0.15) is 11.8 Å². The van der Waals surface area contributed by atoms with E-state index >= 15 is 0 Å². The van der Waals surface area contributed by atoms with Crippen molar-refractivity contribution in [2.75, 3.05) is 25.4 Å². The van der Waals surface area contributed by atoms with Crippen LogP contribution in [0, 0.1) is 0 Å². The zero-order valence-corrected chi connectivity index (χ0v) is 12.7. The number of nitrogens with one attached hydrogen (secondary N) is 1. The van der Waals surface area contributed by atoms with E-state index in [-0.39, 0.29) is 0 Å². The zero-order chi connectivity index (χ0) is 12.5. The van der Waals surface area contributed by atoms with Gasteiger partial charge in [0.2, 0.25) is 0 Å². The maximum Gasteiger partial charge on any atom is 0.0278 e. The molecule has 2 fully saturated rings. The van der Waals surface area contributed by atoms with Crippen LogP contribution in [0.2, 0.25) is 0 Å². The minimum absolute atomic E-state index is 0.326. The molecule has 0 aromatic carbocycles. The first-order chi connectivity index (χ1) is 7.96. The highest BCUT2D eigenvalue weighted by Gasteiger charge is 2.38. The van der Waals surface area contributed by atoms with Gasteiger partial charge in [-0.25, -0.2) is 0 Å². The second-order valence-electron chi connectivity index (χ2n) is 6.45. The fraction of sp³-hybridized carbons (Fsp3) is 1.00. The Labute approximate surface area is 111 Å². The third-order valence-electron chi connectivity index (χ3n) is 4.62. The molecule has 3 unspecified atom stereocenters. The number of nitrogens with zero attached hydrogens (tertiary/aromatic N) is 1. The van der Waals surface area contributed by atoms with Gasteiger partial charge in [-0.3, -0.25) is 4.90 Å². The molecule has 0 aliphatic carbocycles. The highest BCUT2D eigenvalue weighted by molar-refractivity contribution is 8.00. The van der Waals surface area contributed by atoms with Crippen molar-refractivity contribution in [3.8, 4) is 0 Å². The van der Waals surface area contributed by atoms with Crippen LogP contribution < -0.4 is 5.32 Å². The van der Waals surface area contributed by atoms with Gasteiger partial charge in [-0.1, -0.05) is 6.92 Å². The molecular formula is C14H28N2S. The van der Waals surface area contributed by atoms with E-state index in [0.717, 1.165) is 6.54 Å². The predicted octanol–water partition coefficient (Wildman–Crippen LogP) is 2.73. The largest absolute Gasteiger partial charge is 0.309 e. The Bertz CT molecular complexity index is 263. The standard InChI is InChI=1S/C14H28N2S/c1-5-13(3)10-16(12(2)9-15-13)11-14(4)7-6-8-17-14/h12,15H,5-11H2,1-4H3. The molecule has 2 saturated heterocycles. The second-order valence-corrected chi connectivity index (χ2v) is 8.13.